The number of hydrogen-bond acceptors (Lipinski definition) is 5. The maximum absolute atomic E-state index is 10.8. The molecular weight excluding hydrogens is 242 g/mol. The van der Waals surface area contributed by atoms with E-state index in [1.54, 1.807) is 0 Å². The number of hydrogen-bond donors (Lipinski definition) is 0. The van der Waals surface area contributed by atoms with Crippen molar-refractivity contribution in [1.29, 1.82) is 0 Å². The summed E-state index contributed by atoms with van der Waals surface area (Å²) in [5.41, 5.74) is 0. The Morgan fingerprint density at radius 2 is 1.47 bits per heavy atom. The van der Waals surface area contributed by atoms with E-state index >= 15 is 0 Å². The van der Waals surface area contributed by atoms with Gasteiger partial charge >= 0.3 is 59.1 Å². The summed E-state index contributed by atoms with van der Waals surface area (Å²) >= 11 is 0. The van der Waals surface area contributed by atoms with Crippen LogP contribution < -0.4 is 64.2 Å². The van der Waals surface area contributed by atoms with Crippen molar-refractivity contribution < 1.29 is 82.0 Å². The predicted molar refractivity (Wildman–Crippen MR) is 40.5 cm³/mol. The molecule has 0 bridgehead atoms. The van der Waals surface area contributed by atoms with E-state index < -0.39 is 20.8 Å². The summed E-state index contributed by atoms with van der Waals surface area (Å²) in [6.07, 6.45) is 1.46. The van der Waals surface area contributed by atoms with E-state index in [0.29, 0.717) is 12.8 Å². The molecule has 0 radical (unpaired) electrons. The van der Waals surface area contributed by atoms with Gasteiger partial charge in [-0.3, -0.25) is 0 Å². The third-order valence-corrected chi connectivity index (χ3v) is 4.04. The maximum Gasteiger partial charge on any atom is 1.00 e. The van der Waals surface area contributed by atoms with E-state index in [-0.39, 0.29) is 72.0 Å². The van der Waals surface area contributed by atoms with Gasteiger partial charge in [0.1, 0.15) is 10.1 Å². The molecule has 8 heteroatoms. The summed E-state index contributed by atoms with van der Waals surface area (Å²) in [6, 6.07) is 0. The first-order chi connectivity index (χ1) is 5.90. The van der Waals surface area contributed by atoms with Crippen molar-refractivity contribution >= 4 is 16.1 Å². The van der Waals surface area contributed by atoms with Gasteiger partial charge < -0.3 is 14.5 Å². The largest absolute Gasteiger partial charge is 1.00 e. The smallest absolute Gasteiger partial charge is 0.747 e. The molecular formula is C7H10Na2O5S. The zero-order chi connectivity index (χ0) is 10.1. The van der Waals surface area contributed by atoms with Crippen LogP contribution in [0.25, 0.3) is 0 Å². The van der Waals surface area contributed by atoms with Crippen molar-refractivity contribution in [1.82, 2.24) is 0 Å². The molecule has 0 amide bonds. The van der Waals surface area contributed by atoms with Crippen LogP contribution in [0.4, 0.5) is 0 Å². The Balaban J connectivity index is 0. The second-order valence-corrected chi connectivity index (χ2v) is 4.99. The third kappa shape index (κ3) is 3.96. The van der Waals surface area contributed by atoms with Crippen molar-refractivity contribution in [2.24, 2.45) is 0 Å². The average Bonchev–Trinajstić information content (AvgIpc) is 2.03. The van der Waals surface area contributed by atoms with E-state index in [2.05, 4.69) is 0 Å². The molecule has 1 fully saturated rings. The first kappa shape index (κ1) is 18.7. The van der Waals surface area contributed by atoms with E-state index in [4.69, 9.17) is 0 Å². The van der Waals surface area contributed by atoms with Crippen LogP contribution in [0.5, 0.6) is 0 Å². The summed E-state index contributed by atoms with van der Waals surface area (Å²) < 4.78 is 30.2. The molecule has 0 aromatic heterocycles. The Morgan fingerprint density at radius 3 is 1.67 bits per heavy atom. The first-order valence-corrected chi connectivity index (χ1v) is 5.48. The van der Waals surface area contributed by atoms with Crippen molar-refractivity contribution in [2.75, 3.05) is 0 Å². The van der Waals surface area contributed by atoms with Crippen LogP contribution in [0.1, 0.15) is 32.1 Å². The molecule has 5 nitrogen and oxygen atoms in total. The molecule has 0 atom stereocenters. The standard InChI is InChI=1S/C7H12O5S.2Na/c8-6(9)7(13(10,11)12)4-2-1-3-5-7;;/h1-5H2,(H,8,9)(H,10,11,12);;/q;2*+1/p-2. The Morgan fingerprint density at radius 1 is 1.07 bits per heavy atom. The SMILES string of the molecule is O=C([O-])C1(S(=O)(=O)[O-])CCCCC1.[Na+].[Na+]. The average molecular weight is 252 g/mol. The molecule has 1 aliphatic carbocycles. The first-order valence-electron chi connectivity index (χ1n) is 4.07. The molecule has 1 rings (SSSR count). The van der Waals surface area contributed by atoms with Crippen LogP contribution in [0.3, 0.4) is 0 Å². The van der Waals surface area contributed by atoms with Gasteiger partial charge in [0.05, 0.1) is 10.7 Å². The zero-order valence-corrected chi connectivity index (χ0v) is 13.8. The van der Waals surface area contributed by atoms with Crippen LogP contribution in [0, 0.1) is 0 Å². The van der Waals surface area contributed by atoms with Gasteiger partial charge in [0.25, 0.3) is 0 Å². The topological polar surface area (TPSA) is 97.3 Å². The quantitative estimate of drug-likeness (QED) is 0.359. The number of carboxylic acids is 1. The van der Waals surface area contributed by atoms with E-state index in [9.17, 15) is 22.9 Å². The Kier molecular flexibility index (Phi) is 8.69. The molecule has 0 aromatic carbocycles. The molecule has 76 valence electrons. The van der Waals surface area contributed by atoms with Crippen LogP contribution in [-0.2, 0) is 14.9 Å². The Hall–Kier alpha value is 1.38. The molecule has 0 heterocycles. The fourth-order valence-electron chi connectivity index (χ4n) is 1.68. The van der Waals surface area contributed by atoms with Gasteiger partial charge in [0.15, 0.2) is 0 Å². The third-order valence-electron chi connectivity index (χ3n) is 2.51. The fourth-order valence-corrected chi connectivity index (χ4v) is 2.67. The van der Waals surface area contributed by atoms with Gasteiger partial charge in [-0.05, 0) is 12.8 Å². The molecule has 1 aliphatic rings. The predicted octanol–water partition coefficient (Wildman–Crippen LogP) is -7.01. The summed E-state index contributed by atoms with van der Waals surface area (Å²) in [5, 5.41) is 10.6. The molecule has 0 aliphatic heterocycles. The van der Waals surface area contributed by atoms with Gasteiger partial charge in [-0.15, -0.1) is 0 Å². The number of rotatable bonds is 2. The van der Waals surface area contributed by atoms with Crippen molar-refractivity contribution in [3.05, 3.63) is 0 Å². The summed E-state index contributed by atoms with van der Waals surface area (Å²) in [5.74, 6) is -1.75. The van der Waals surface area contributed by atoms with Crippen LogP contribution in [0.2, 0.25) is 0 Å². The van der Waals surface area contributed by atoms with E-state index in [1.807, 2.05) is 0 Å². The zero-order valence-electron chi connectivity index (χ0n) is 8.99. The van der Waals surface area contributed by atoms with E-state index in [0.717, 1.165) is 6.42 Å². The van der Waals surface area contributed by atoms with Gasteiger partial charge in [0, 0.05) is 0 Å². The Bertz CT molecular complexity index is 307. The molecule has 0 aromatic rings. The molecule has 0 N–H and O–H groups in total. The van der Waals surface area contributed by atoms with Crippen LogP contribution >= 0.6 is 0 Å². The molecule has 1 saturated carbocycles. The van der Waals surface area contributed by atoms with Crippen molar-refractivity contribution in [3.8, 4) is 0 Å². The monoisotopic (exact) mass is 252 g/mol. The summed E-state index contributed by atoms with van der Waals surface area (Å²) in [7, 11) is -4.80. The van der Waals surface area contributed by atoms with Crippen molar-refractivity contribution in [3.63, 3.8) is 0 Å². The Labute approximate surface area is 133 Å². The summed E-state index contributed by atoms with van der Waals surface area (Å²) in [4.78, 5) is 10.6. The van der Waals surface area contributed by atoms with Gasteiger partial charge in [0.2, 0.25) is 0 Å². The maximum atomic E-state index is 10.8. The van der Waals surface area contributed by atoms with Gasteiger partial charge in [-0.1, -0.05) is 19.3 Å². The molecule has 0 saturated heterocycles. The normalized spacial score (nSPS) is 19.5. The minimum absolute atomic E-state index is 0. The van der Waals surface area contributed by atoms with Crippen LogP contribution in [-0.4, -0.2) is 23.7 Å². The second kappa shape index (κ2) is 6.96. The van der Waals surface area contributed by atoms with Gasteiger partial charge in [-0.25, -0.2) is 8.42 Å². The number of carboxylic acid groups (broad SMARTS) is 1. The number of aliphatic carboxylic acids is 1. The molecule has 0 spiro atoms. The molecule has 15 heavy (non-hydrogen) atoms. The number of carbonyl (C=O) groups is 1. The minimum Gasteiger partial charge on any atom is -0.747 e. The minimum atomic E-state index is -4.80. The second-order valence-electron chi connectivity index (χ2n) is 3.30. The summed E-state index contributed by atoms with van der Waals surface area (Å²) in [6.45, 7) is 0. The number of carbonyl (C=O) groups excluding carboxylic acids is 1. The van der Waals surface area contributed by atoms with E-state index in [1.165, 1.54) is 0 Å². The van der Waals surface area contributed by atoms with Crippen molar-refractivity contribution in [2.45, 2.75) is 36.9 Å². The van der Waals surface area contributed by atoms with Gasteiger partial charge in [-0.2, -0.15) is 0 Å². The fraction of sp³-hybridized carbons (Fsp3) is 0.857. The van der Waals surface area contributed by atoms with Crippen LogP contribution in [0.15, 0.2) is 0 Å². The molecule has 0 unspecified atom stereocenters.